The smallest absolute Gasteiger partial charge is 0.157 e. The summed E-state index contributed by atoms with van der Waals surface area (Å²) in [6.07, 6.45) is 4.86. The second kappa shape index (κ2) is 3.17. The summed E-state index contributed by atoms with van der Waals surface area (Å²) >= 11 is 0. The third-order valence-corrected chi connectivity index (χ3v) is 3.23. The number of ketones is 1. The number of allylic oxidation sites excluding steroid dienone is 2. The van der Waals surface area contributed by atoms with Crippen LogP contribution in [0.25, 0.3) is 0 Å². The Labute approximate surface area is 79.6 Å². The minimum atomic E-state index is 0.297. The highest BCUT2D eigenvalue weighted by atomic mass is 16.1. The molecule has 1 fully saturated rings. The van der Waals surface area contributed by atoms with Crippen molar-refractivity contribution < 1.29 is 4.79 Å². The normalized spacial score (nSPS) is 31.8. The molecule has 0 aromatic rings. The van der Waals surface area contributed by atoms with E-state index >= 15 is 0 Å². The first kappa shape index (κ1) is 8.79. The average Bonchev–Trinajstić information content (AvgIpc) is 2.62. The summed E-state index contributed by atoms with van der Waals surface area (Å²) in [5, 5.41) is 0. The van der Waals surface area contributed by atoms with Gasteiger partial charge in [-0.05, 0) is 24.7 Å². The summed E-state index contributed by atoms with van der Waals surface area (Å²) in [6, 6.07) is 0. The number of hydrogen-bond donors (Lipinski definition) is 0. The molecule has 2 atom stereocenters. The molecule has 1 saturated carbocycles. The van der Waals surface area contributed by atoms with E-state index in [1.165, 1.54) is 12.1 Å². The highest BCUT2D eigenvalue weighted by Gasteiger charge is 2.33. The van der Waals surface area contributed by atoms with Crippen LogP contribution in [-0.2, 0) is 4.79 Å². The Hall–Kier alpha value is -0.790. The van der Waals surface area contributed by atoms with E-state index in [1.807, 2.05) is 6.08 Å². The van der Waals surface area contributed by atoms with Gasteiger partial charge < -0.3 is 4.90 Å². The van der Waals surface area contributed by atoms with E-state index < -0.39 is 0 Å². The van der Waals surface area contributed by atoms with Gasteiger partial charge in [-0.3, -0.25) is 4.79 Å². The van der Waals surface area contributed by atoms with Crippen LogP contribution in [-0.4, -0.2) is 24.3 Å². The van der Waals surface area contributed by atoms with Crippen molar-refractivity contribution in [2.45, 2.75) is 26.2 Å². The third-order valence-electron chi connectivity index (χ3n) is 3.23. The molecule has 0 spiro atoms. The van der Waals surface area contributed by atoms with E-state index in [2.05, 4.69) is 18.9 Å². The molecule has 0 aromatic heterocycles. The molecule has 0 radical (unpaired) electrons. The summed E-state index contributed by atoms with van der Waals surface area (Å²) in [5.74, 6) is 2.08. The molecule has 72 valence electrons. The lowest BCUT2D eigenvalue weighted by Gasteiger charge is -2.19. The maximum Gasteiger partial charge on any atom is 0.157 e. The number of nitrogens with zero attached hydrogens (tertiary/aromatic N) is 1. The predicted molar refractivity (Wildman–Crippen MR) is 52.2 cm³/mol. The molecule has 2 rings (SSSR count). The van der Waals surface area contributed by atoms with Crippen LogP contribution in [0.5, 0.6) is 0 Å². The van der Waals surface area contributed by atoms with Gasteiger partial charge in [-0.2, -0.15) is 0 Å². The molecule has 0 aromatic carbocycles. The first-order chi connectivity index (χ1) is 6.16. The van der Waals surface area contributed by atoms with Crippen LogP contribution in [0.3, 0.4) is 0 Å². The minimum absolute atomic E-state index is 0.297. The molecule has 13 heavy (non-hydrogen) atoms. The second-order valence-electron chi connectivity index (χ2n) is 4.46. The molecule has 0 heterocycles. The zero-order valence-corrected chi connectivity index (χ0v) is 8.42. The number of hydrogen-bond acceptors (Lipinski definition) is 2. The van der Waals surface area contributed by atoms with Crippen molar-refractivity contribution in [1.82, 2.24) is 4.90 Å². The fraction of sp³-hybridized carbons (Fsp3) is 0.727. The van der Waals surface area contributed by atoms with Gasteiger partial charge in [0.2, 0.25) is 0 Å². The van der Waals surface area contributed by atoms with Crippen LogP contribution in [0.4, 0.5) is 0 Å². The Morgan fingerprint density at radius 2 is 2.23 bits per heavy atom. The topological polar surface area (TPSA) is 20.3 Å². The van der Waals surface area contributed by atoms with E-state index in [9.17, 15) is 4.79 Å². The number of carbonyl (C=O) groups is 1. The highest BCUT2D eigenvalue weighted by molar-refractivity contribution is 5.92. The van der Waals surface area contributed by atoms with Crippen molar-refractivity contribution in [3.8, 4) is 0 Å². The van der Waals surface area contributed by atoms with Crippen molar-refractivity contribution in [3.05, 3.63) is 11.8 Å². The van der Waals surface area contributed by atoms with Crippen molar-refractivity contribution in [2.24, 2.45) is 11.8 Å². The van der Waals surface area contributed by atoms with Gasteiger partial charge in [0.1, 0.15) is 0 Å². The maximum atomic E-state index is 11.0. The molecule has 0 bridgehead atoms. The van der Waals surface area contributed by atoms with E-state index in [0.29, 0.717) is 5.78 Å². The number of rotatable bonds is 3. The summed E-state index contributed by atoms with van der Waals surface area (Å²) in [6.45, 7) is 3.44. The van der Waals surface area contributed by atoms with E-state index in [1.54, 1.807) is 0 Å². The van der Waals surface area contributed by atoms with Crippen molar-refractivity contribution >= 4 is 5.78 Å². The van der Waals surface area contributed by atoms with E-state index in [-0.39, 0.29) is 0 Å². The molecule has 2 unspecified atom stereocenters. The maximum absolute atomic E-state index is 11.0. The van der Waals surface area contributed by atoms with Crippen LogP contribution < -0.4 is 0 Å². The molecule has 0 aliphatic heterocycles. The lowest BCUT2D eigenvalue weighted by Crippen LogP contribution is -2.19. The van der Waals surface area contributed by atoms with Crippen LogP contribution >= 0.6 is 0 Å². The molecule has 2 aliphatic carbocycles. The molecular weight excluding hydrogens is 162 g/mol. The Morgan fingerprint density at radius 1 is 1.54 bits per heavy atom. The van der Waals surface area contributed by atoms with Crippen molar-refractivity contribution in [3.63, 3.8) is 0 Å². The van der Waals surface area contributed by atoms with Crippen LogP contribution in [0.1, 0.15) is 26.2 Å². The zero-order chi connectivity index (χ0) is 9.42. The zero-order valence-electron chi connectivity index (χ0n) is 8.42. The van der Waals surface area contributed by atoms with Gasteiger partial charge in [-0.25, -0.2) is 0 Å². The molecule has 2 heteroatoms. The fourth-order valence-electron chi connectivity index (χ4n) is 2.00. The first-order valence-electron chi connectivity index (χ1n) is 5.11. The molecular formula is C11H17NO. The summed E-state index contributed by atoms with van der Waals surface area (Å²) < 4.78 is 0. The summed E-state index contributed by atoms with van der Waals surface area (Å²) in [5.41, 5.74) is 1.24. The Bertz CT molecular complexity index is 257. The average molecular weight is 179 g/mol. The number of carbonyl (C=O) groups excluding carboxylic acids is 1. The molecule has 2 nitrogen and oxygen atoms in total. The van der Waals surface area contributed by atoms with Gasteiger partial charge in [0, 0.05) is 31.8 Å². The van der Waals surface area contributed by atoms with Gasteiger partial charge in [-0.15, -0.1) is 0 Å². The quantitative estimate of drug-likeness (QED) is 0.658. The van der Waals surface area contributed by atoms with Crippen LogP contribution in [0.2, 0.25) is 0 Å². The summed E-state index contributed by atoms with van der Waals surface area (Å²) in [7, 11) is 2.11. The van der Waals surface area contributed by atoms with Gasteiger partial charge in [-0.1, -0.05) is 6.92 Å². The van der Waals surface area contributed by atoms with Gasteiger partial charge in [0.05, 0.1) is 0 Å². The molecule has 2 aliphatic rings. The minimum Gasteiger partial charge on any atom is -0.377 e. The Morgan fingerprint density at radius 3 is 2.69 bits per heavy atom. The highest BCUT2D eigenvalue weighted by Crippen LogP contribution is 2.38. The second-order valence-corrected chi connectivity index (χ2v) is 4.46. The predicted octanol–water partition coefficient (Wildman–Crippen LogP) is 1.82. The first-order valence-corrected chi connectivity index (χ1v) is 5.11. The summed E-state index contributed by atoms with van der Waals surface area (Å²) in [4.78, 5) is 13.3. The molecule has 0 saturated heterocycles. The van der Waals surface area contributed by atoms with Crippen LogP contribution in [0.15, 0.2) is 11.8 Å². The third kappa shape index (κ3) is 1.93. The molecule has 0 amide bonds. The van der Waals surface area contributed by atoms with Crippen molar-refractivity contribution in [2.75, 3.05) is 13.6 Å². The fourth-order valence-corrected chi connectivity index (χ4v) is 2.00. The lowest BCUT2D eigenvalue weighted by atomic mass is 10.3. The van der Waals surface area contributed by atoms with Gasteiger partial charge >= 0.3 is 0 Å². The van der Waals surface area contributed by atoms with Gasteiger partial charge in [0.15, 0.2) is 5.78 Å². The Kier molecular flexibility index (Phi) is 2.14. The lowest BCUT2D eigenvalue weighted by molar-refractivity contribution is -0.114. The van der Waals surface area contributed by atoms with E-state index in [0.717, 1.165) is 31.2 Å². The monoisotopic (exact) mass is 179 g/mol. The molecule has 0 N–H and O–H groups in total. The van der Waals surface area contributed by atoms with E-state index in [4.69, 9.17) is 0 Å². The van der Waals surface area contributed by atoms with Gasteiger partial charge in [0.25, 0.3) is 0 Å². The van der Waals surface area contributed by atoms with Crippen molar-refractivity contribution in [1.29, 1.82) is 0 Å². The Balaban J connectivity index is 1.86. The standard InChI is InChI=1S/C11H17NO/c1-8-5-9(8)7-12(2)10-3-4-11(13)6-10/h6,8-9H,3-5,7H2,1-2H3. The SMILES string of the molecule is CC1CC1CN(C)C1=CC(=O)CC1. The largest absolute Gasteiger partial charge is 0.377 e. The van der Waals surface area contributed by atoms with Crippen LogP contribution in [0, 0.1) is 11.8 Å².